The number of nitrogens with zero attached hydrogens (tertiary/aromatic N) is 2. The van der Waals surface area contributed by atoms with Crippen molar-refractivity contribution in [3.8, 4) is 17.1 Å². The average Bonchev–Trinajstić information content (AvgIpc) is 3.48. The number of halogens is 1. The third-order valence-corrected chi connectivity index (χ3v) is 6.94. The van der Waals surface area contributed by atoms with Gasteiger partial charge >= 0.3 is 12.1 Å². The molecule has 1 N–H and O–H groups in total. The summed E-state index contributed by atoms with van der Waals surface area (Å²) in [7, 11) is 1.77. The van der Waals surface area contributed by atoms with Crippen LogP contribution in [0.15, 0.2) is 28.8 Å². The minimum atomic E-state index is -2.24. The lowest BCUT2D eigenvalue weighted by molar-refractivity contribution is -0.155. The fourth-order valence-corrected chi connectivity index (χ4v) is 4.81. The fourth-order valence-electron chi connectivity index (χ4n) is 4.81. The van der Waals surface area contributed by atoms with E-state index in [1.807, 2.05) is 0 Å². The molecule has 1 amide bonds. The first-order valence-electron chi connectivity index (χ1n) is 11.8. The molecular weight excluding hydrogens is 443 g/mol. The molecule has 2 fully saturated rings. The smallest absolute Gasteiger partial charge is 0.410 e. The summed E-state index contributed by atoms with van der Waals surface area (Å²) in [5.41, 5.74) is -0.171. The highest BCUT2D eigenvalue weighted by Crippen LogP contribution is 2.35. The van der Waals surface area contributed by atoms with E-state index in [4.69, 9.17) is 19.1 Å². The minimum Gasteiger partial charge on any atom is -0.490 e. The molecule has 9 heteroatoms. The number of hydrogen-bond donors (Lipinski definition) is 1. The maximum Gasteiger partial charge on any atom is 0.410 e. The Hall–Kier alpha value is -3.10. The molecule has 2 aliphatic carbocycles. The van der Waals surface area contributed by atoms with E-state index in [0.29, 0.717) is 35.6 Å². The Morgan fingerprint density at radius 1 is 1.21 bits per heavy atom. The van der Waals surface area contributed by atoms with E-state index in [-0.39, 0.29) is 31.6 Å². The highest BCUT2D eigenvalue weighted by molar-refractivity contribution is 5.77. The van der Waals surface area contributed by atoms with Crippen LogP contribution in [0.5, 0.6) is 5.75 Å². The number of hydrogen-bond acceptors (Lipinski definition) is 6. The van der Waals surface area contributed by atoms with Crippen LogP contribution in [0.4, 0.5) is 9.18 Å². The van der Waals surface area contributed by atoms with Gasteiger partial charge in [-0.25, -0.2) is 14.0 Å². The van der Waals surface area contributed by atoms with E-state index in [0.717, 1.165) is 31.2 Å². The Balaban J connectivity index is 1.39. The number of ether oxygens (including phenoxy) is 2. The van der Waals surface area contributed by atoms with Gasteiger partial charge in [0.05, 0.1) is 11.3 Å². The number of carboxylic acid groups (broad SMARTS) is 1. The van der Waals surface area contributed by atoms with Crippen LogP contribution in [0.1, 0.15) is 62.6 Å². The van der Waals surface area contributed by atoms with Crippen LogP contribution in [-0.4, -0.2) is 52.1 Å². The summed E-state index contributed by atoms with van der Waals surface area (Å²) in [6.07, 6.45) is 4.31. The van der Waals surface area contributed by atoms with Crippen LogP contribution >= 0.6 is 0 Å². The van der Waals surface area contributed by atoms with Gasteiger partial charge in [-0.1, -0.05) is 18.0 Å². The van der Waals surface area contributed by atoms with E-state index in [9.17, 15) is 14.0 Å². The van der Waals surface area contributed by atoms with Crippen molar-refractivity contribution in [1.29, 1.82) is 0 Å². The SMILES string of the molecule is Cc1noc(-c2ccc(OC3CCCC(F)(C(=O)O)C3)cc2)c1COC(=O)N(C)C1CCCC1. The topological polar surface area (TPSA) is 102 Å². The molecule has 4 rings (SSSR count). The molecule has 184 valence electrons. The Kier molecular flexibility index (Phi) is 7.09. The zero-order valence-electron chi connectivity index (χ0n) is 19.6. The van der Waals surface area contributed by atoms with E-state index in [1.165, 1.54) is 0 Å². The molecule has 2 saturated carbocycles. The summed E-state index contributed by atoms with van der Waals surface area (Å²) in [5.74, 6) is -0.406. The Morgan fingerprint density at radius 2 is 1.91 bits per heavy atom. The maximum atomic E-state index is 14.5. The van der Waals surface area contributed by atoms with Crippen LogP contribution in [0.25, 0.3) is 11.3 Å². The summed E-state index contributed by atoms with van der Waals surface area (Å²) in [6, 6.07) is 7.26. The number of carbonyl (C=O) groups is 2. The lowest BCUT2D eigenvalue weighted by Crippen LogP contribution is -2.42. The maximum absolute atomic E-state index is 14.5. The first kappa shape index (κ1) is 24.0. The highest BCUT2D eigenvalue weighted by atomic mass is 19.1. The number of amides is 1. The molecule has 0 aliphatic heterocycles. The fraction of sp³-hybridized carbons (Fsp3) is 0.560. The predicted octanol–water partition coefficient (Wildman–Crippen LogP) is 5.28. The quantitative estimate of drug-likeness (QED) is 0.583. The molecule has 0 spiro atoms. The third-order valence-electron chi connectivity index (χ3n) is 6.94. The Labute approximate surface area is 198 Å². The number of aromatic nitrogens is 1. The van der Waals surface area contributed by atoms with Gasteiger partial charge in [-0.2, -0.15) is 0 Å². The van der Waals surface area contributed by atoms with Crippen LogP contribution in [0.3, 0.4) is 0 Å². The van der Waals surface area contributed by atoms with Gasteiger partial charge < -0.3 is 24.0 Å². The minimum absolute atomic E-state index is 0.00970. The Morgan fingerprint density at radius 3 is 2.59 bits per heavy atom. The molecule has 0 saturated heterocycles. The molecule has 8 nitrogen and oxygen atoms in total. The Bertz CT molecular complexity index is 1020. The molecule has 0 radical (unpaired) electrons. The van der Waals surface area contributed by atoms with Crippen molar-refractivity contribution in [2.45, 2.75) is 82.7 Å². The van der Waals surface area contributed by atoms with Crippen LogP contribution in [0.2, 0.25) is 0 Å². The molecule has 34 heavy (non-hydrogen) atoms. The van der Waals surface area contributed by atoms with Crippen molar-refractivity contribution in [3.05, 3.63) is 35.5 Å². The van der Waals surface area contributed by atoms with Crippen molar-refractivity contribution < 1.29 is 33.1 Å². The van der Waals surface area contributed by atoms with E-state index in [2.05, 4.69) is 5.16 Å². The monoisotopic (exact) mass is 474 g/mol. The van der Waals surface area contributed by atoms with E-state index >= 15 is 0 Å². The van der Waals surface area contributed by atoms with Gasteiger partial charge in [0.2, 0.25) is 5.67 Å². The lowest BCUT2D eigenvalue weighted by atomic mass is 9.84. The molecular formula is C25H31FN2O6. The number of alkyl halides is 1. The predicted molar refractivity (Wildman–Crippen MR) is 121 cm³/mol. The number of carboxylic acids is 1. The number of aliphatic carboxylic acids is 1. The number of benzene rings is 1. The summed E-state index contributed by atoms with van der Waals surface area (Å²) < 4.78 is 31.4. The molecule has 2 unspecified atom stereocenters. The molecule has 2 aromatic rings. The van der Waals surface area contributed by atoms with Crippen LogP contribution in [0, 0.1) is 6.92 Å². The highest BCUT2D eigenvalue weighted by Gasteiger charge is 2.44. The third kappa shape index (κ3) is 5.18. The van der Waals surface area contributed by atoms with Crippen molar-refractivity contribution in [1.82, 2.24) is 10.1 Å². The van der Waals surface area contributed by atoms with Gasteiger partial charge in [0.25, 0.3) is 0 Å². The second kappa shape index (κ2) is 10.0. The van der Waals surface area contributed by atoms with Gasteiger partial charge in [0.1, 0.15) is 18.5 Å². The number of aryl methyl sites for hydroxylation is 1. The molecule has 1 heterocycles. The first-order chi connectivity index (χ1) is 16.3. The van der Waals surface area contributed by atoms with Gasteiger partial charge in [0, 0.05) is 25.1 Å². The largest absolute Gasteiger partial charge is 0.490 e. The van der Waals surface area contributed by atoms with E-state index in [1.54, 1.807) is 43.1 Å². The lowest BCUT2D eigenvalue weighted by Gasteiger charge is -2.31. The van der Waals surface area contributed by atoms with Crippen LogP contribution in [-0.2, 0) is 16.1 Å². The molecule has 0 bridgehead atoms. The molecule has 2 atom stereocenters. The first-order valence-corrected chi connectivity index (χ1v) is 11.8. The van der Waals surface area contributed by atoms with Crippen molar-refractivity contribution in [3.63, 3.8) is 0 Å². The van der Waals surface area contributed by atoms with Gasteiger partial charge in [-0.15, -0.1) is 0 Å². The summed E-state index contributed by atoms with van der Waals surface area (Å²) in [4.78, 5) is 25.4. The van der Waals surface area contributed by atoms with Gasteiger partial charge in [-0.3, -0.25) is 0 Å². The summed E-state index contributed by atoms with van der Waals surface area (Å²) in [5, 5.41) is 13.2. The molecule has 2 aliphatic rings. The zero-order valence-corrected chi connectivity index (χ0v) is 19.6. The number of carbonyl (C=O) groups excluding carboxylic acids is 1. The average molecular weight is 475 g/mol. The van der Waals surface area contributed by atoms with Crippen molar-refractivity contribution in [2.75, 3.05) is 7.05 Å². The standard InChI is InChI=1S/C25H31FN2O6/c1-16-21(15-32-24(31)28(2)18-6-3-4-7-18)22(34-27-16)17-9-11-19(12-10-17)33-20-8-5-13-25(26,14-20)23(29)30/h9-12,18,20H,3-8,13-15H2,1-2H3,(H,29,30). The molecule has 1 aromatic carbocycles. The van der Waals surface area contributed by atoms with E-state index < -0.39 is 17.7 Å². The van der Waals surface area contributed by atoms with Gasteiger partial charge in [-0.05, 0) is 63.3 Å². The second-order valence-electron chi connectivity index (χ2n) is 9.31. The normalized spacial score (nSPS) is 23.0. The zero-order chi connectivity index (χ0) is 24.3. The van der Waals surface area contributed by atoms with Gasteiger partial charge in [0.15, 0.2) is 5.76 Å². The molecule has 1 aromatic heterocycles. The number of rotatable bonds is 7. The van der Waals surface area contributed by atoms with Crippen molar-refractivity contribution in [2.24, 2.45) is 0 Å². The second-order valence-corrected chi connectivity index (χ2v) is 9.31. The summed E-state index contributed by atoms with van der Waals surface area (Å²) in [6.45, 7) is 1.84. The summed E-state index contributed by atoms with van der Waals surface area (Å²) >= 11 is 0. The van der Waals surface area contributed by atoms with Crippen molar-refractivity contribution >= 4 is 12.1 Å². The van der Waals surface area contributed by atoms with Crippen LogP contribution < -0.4 is 4.74 Å².